The number of aliphatic carboxylic acids is 1. The van der Waals surface area contributed by atoms with Gasteiger partial charge in [-0.1, -0.05) is 30.7 Å². The highest BCUT2D eigenvalue weighted by atomic mass is 35.5. The normalized spacial score (nSPS) is 12.1. The molecule has 0 aliphatic heterocycles. The quantitative estimate of drug-likeness (QED) is 0.869. The number of anilines is 1. The molecule has 5 heteroatoms. The maximum atomic E-state index is 11.4. The van der Waals surface area contributed by atoms with Gasteiger partial charge in [0.2, 0.25) is 0 Å². The zero-order valence-corrected chi connectivity index (χ0v) is 12.0. The Labute approximate surface area is 120 Å². The molecular weight excluding hydrogens is 282 g/mol. The van der Waals surface area contributed by atoms with Crippen LogP contribution in [0.5, 0.6) is 0 Å². The van der Waals surface area contributed by atoms with Crippen LogP contribution >= 0.6 is 22.9 Å². The van der Waals surface area contributed by atoms with Gasteiger partial charge in [-0.25, -0.2) is 4.79 Å². The van der Waals surface area contributed by atoms with E-state index in [1.807, 2.05) is 31.2 Å². The highest BCUT2D eigenvalue weighted by Gasteiger charge is 2.22. The number of carboxylic acid groups (broad SMARTS) is 1. The summed E-state index contributed by atoms with van der Waals surface area (Å²) >= 11 is 7.55. The van der Waals surface area contributed by atoms with E-state index < -0.39 is 12.0 Å². The van der Waals surface area contributed by atoms with E-state index in [1.165, 1.54) is 16.2 Å². The first kappa shape index (κ1) is 13.9. The first-order valence-corrected chi connectivity index (χ1v) is 7.13. The lowest BCUT2D eigenvalue weighted by atomic mass is 10.2. The molecule has 2 rings (SSSR count). The molecule has 0 saturated carbocycles. The predicted octanol–water partition coefficient (Wildman–Crippen LogP) is 4.20. The van der Waals surface area contributed by atoms with E-state index in [1.54, 1.807) is 12.1 Å². The number of aryl methyl sites for hydroxylation is 1. The average Bonchev–Trinajstić information content (AvgIpc) is 2.86. The van der Waals surface area contributed by atoms with Crippen molar-refractivity contribution in [1.29, 1.82) is 0 Å². The lowest BCUT2D eigenvalue weighted by molar-refractivity contribution is -0.138. The van der Waals surface area contributed by atoms with Gasteiger partial charge in [0, 0.05) is 9.75 Å². The lowest BCUT2D eigenvalue weighted by Gasteiger charge is -2.15. The van der Waals surface area contributed by atoms with Crippen molar-refractivity contribution in [3.05, 3.63) is 51.2 Å². The number of nitrogens with one attached hydrogen (secondary N) is 1. The van der Waals surface area contributed by atoms with Crippen molar-refractivity contribution >= 4 is 34.6 Å². The Bertz CT molecular complexity index is 582. The third kappa shape index (κ3) is 3.28. The maximum absolute atomic E-state index is 11.4. The fraction of sp³-hybridized carbons (Fsp3) is 0.214. The number of benzene rings is 1. The molecule has 2 aromatic rings. The van der Waals surface area contributed by atoms with Crippen LogP contribution in [0.1, 0.15) is 22.7 Å². The topological polar surface area (TPSA) is 49.3 Å². The van der Waals surface area contributed by atoms with Crippen molar-refractivity contribution in [3.63, 3.8) is 0 Å². The molecule has 3 nitrogen and oxygen atoms in total. The molecule has 2 N–H and O–H groups in total. The summed E-state index contributed by atoms with van der Waals surface area (Å²) in [6.45, 7) is 2.05. The number of carbonyl (C=O) groups is 1. The molecule has 1 aromatic heterocycles. The SMILES string of the molecule is CCc1ccc(C(Nc2ccccc2Cl)C(=O)O)s1. The minimum atomic E-state index is -0.913. The van der Waals surface area contributed by atoms with Crippen molar-refractivity contribution in [1.82, 2.24) is 0 Å². The second-order valence-corrected chi connectivity index (χ2v) is 5.66. The molecule has 0 fully saturated rings. The molecule has 0 aliphatic rings. The summed E-state index contributed by atoms with van der Waals surface area (Å²) in [7, 11) is 0. The second kappa shape index (κ2) is 6.08. The van der Waals surface area contributed by atoms with E-state index in [2.05, 4.69) is 5.32 Å². The molecule has 0 saturated heterocycles. The molecule has 1 atom stereocenters. The highest BCUT2D eigenvalue weighted by Crippen LogP contribution is 2.30. The van der Waals surface area contributed by atoms with E-state index in [9.17, 15) is 9.90 Å². The Hall–Kier alpha value is -1.52. The minimum Gasteiger partial charge on any atom is -0.479 e. The van der Waals surface area contributed by atoms with Gasteiger partial charge in [0.15, 0.2) is 6.04 Å². The van der Waals surface area contributed by atoms with Crippen molar-refractivity contribution < 1.29 is 9.90 Å². The monoisotopic (exact) mass is 295 g/mol. The number of hydrogen-bond acceptors (Lipinski definition) is 3. The molecule has 0 bridgehead atoms. The molecule has 100 valence electrons. The summed E-state index contributed by atoms with van der Waals surface area (Å²) in [5.74, 6) is -0.913. The predicted molar refractivity (Wildman–Crippen MR) is 79.1 cm³/mol. The molecular formula is C14H14ClNO2S. The zero-order valence-electron chi connectivity index (χ0n) is 10.4. The van der Waals surface area contributed by atoms with Crippen molar-refractivity contribution in [2.75, 3.05) is 5.32 Å². The van der Waals surface area contributed by atoms with Crippen molar-refractivity contribution in [2.45, 2.75) is 19.4 Å². The van der Waals surface area contributed by atoms with Gasteiger partial charge in [-0.15, -0.1) is 11.3 Å². The van der Waals surface area contributed by atoms with Crippen LogP contribution in [0, 0.1) is 0 Å². The van der Waals surface area contributed by atoms with Gasteiger partial charge in [0.25, 0.3) is 0 Å². The van der Waals surface area contributed by atoms with Gasteiger partial charge < -0.3 is 10.4 Å². The van der Waals surface area contributed by atoms with Crippen LogP contribution in [0.2, 0.25) is 5.02 Å². The minimum absolute atomic E-state index is 0.515. The Morgan fingerprint density at radius 2 is 2.11 bits per heavy atom. The largest absolute Gasteiger partial charge is 0.479 e. The van der Waals surface area contributed by atoms with Crippen molar-refractivity contribution in [3.8, 4) is 0 Å². The Morgan fingerprint density at radius 3 is 2.68 bits per heavy atom. The summed E-state index contributed by atoms with van der Waals surface area (Å²) < 4.78 is 0. The fourth-order valence-electron chi connectivity index (χ4n) is 1.73. The number of hydrogen-bond donors (Lipinski definition) is 2. The third-order valence-electron chi connectivity index (χ3n) is 2.74. The number of halogens is 1. The van der Waals surface area contributed by atoms with Crippen LogP contribution in [-0.2, 0) is 11.2 Å². The maximum Gasteiger partial charge on any atom is 0.331 e. The van der Waals surface area contributed by atoms with Crippen LogP contribution in [0.4, 0.5) is 5.69 Å². The molecule has 0 spiro atoms. The van der Waals surface area contributed by atoms with Crippen LogP contribution in [-0.4, -0.2) is 11.1 Å². The first-order valence-electron chi connectivity index (χ1n) is 5.94. The lowest BCUT2D eigenvalue weighted by Crippen LogP contribution is -2.19. The molecule has 0 amide bonds. The Morgan fingerprint density at radius 1 is 1.37 bits per heavy atom. The van der Waals surface area contributed by atoms with Crippen LogP contribution in [0.3, 0.4) is 0 Å². The van der Waals surface area contributed by atoms with Gasteiger partial charge in [0.05, 0.1) is 10.7 Å². The van der Waals surface area contributed by atoms with Crippen molar-refractivity contribution in [2.24, 2.45) is 0 Å². The summed E-state index contributed by atoms with van der Waals surface area (Å²) in [5.41, 5.74) is 0.628. The first-order chi connectivity index (χ1) is 9.11. The summed E-state index contributed by atoms with van der Waals surface area (Å²) in [6, 6.07) is 10.2. The standard InChI is InChI=1S/C14H14ClNO2S/c1-2-9-7-8-12(19-9)13(14(17)18)16-11-6-4-3-5-10(11)15/h3-8,13,16H,2H2,1H3,(H,17,18). The third-order valence-corrected chi connectivity index (χ3v) is 4.36. The summed E-state index contributed by atoms with van der Waals surface area (Å²) in [4.78, 5) is 13.4. The van der Waals surface area contributed by atoms with E-state index >= 15 is 0 Å². The van der Waals surface area contributed by atoms with Crippen LogP contribution in [0.15, 0.2) is 36.4 Å². The molecule has 0 radical (unpaired) electrons. The fourth-order valence-corrected chi connectivity index (χ4v) is 2.92. The van der Waals surface area contributed by atoms with Gasteiger partial charge in [-0.05, 0) is 30.7 Å². The van der Waals surface area contributed by atoms with E-state index in [4.69, 9.17) is 11.6 Å². The number of thiophene rings is 1. The van der Waals surface area contributed by atoms with E-state index in [0.717, 1.165) is 11.3 Å². The Kier molecular flexibility index (Phi) is 4.45. The molecule has 1 aromatic carbocycles. The summed E-state index contributed by atoms with van der Waals surface area (Å²) in [5, 5.41) is 12.9. The molecule has 1 heterocycles. The molecule has 19 heavy (non-hydrogen) atoms. The molecule has 1 unspecified atom stereocenters. The average molecular weight is 296 g/mol. The van der Waals surface area contributed by atoms with Gasteiger partial charge in [-0.2, -0.15) is 0 Å². The van der Waals surface area contributed by atoms with Crippen LogP contribution < -0.4 is 5.32 Å². The van der Waals surface area contributed by atoms with Gasteiger partial charge >= 0.3 is 5.97 Å². The summed E-state index contributed by atoms with van der Waals surface area (Å²) in [6.07, 6.45) is 0.906. The molecule has 0 aliphatic carbocycles. The van der Waals surface area contributed by atoms with Gasteiger partial charge in [0.1, 0.15) is 0 Å². The number of para-hydroxylation sites is 1. The van der Waals surface area contributed by atoms with Crippen LogP contribution in [0.25, 0.3) is 0 Å². The van der Waals surface area contributed by atoms with E-state index in [-0.39, 0.29) is 0 Å². The zero-order chi connectivity index (χ0) is 13.8. The van der Waals surface area contributed by atoms with Gasteiger partial charge in [-0.3, -0.25) is 0 Å². The van der Waals surface area contributed by atoms with E-state index in [0.29, 0.717) is 10.7 Å². The smallest absolute Gasteiger partial charge is 0.331 e. The highest BCUT2D eigenvalue weighted by molar-refractivity contribution is 7.12. The number of rotatable bonds is 5. The second-order valence-electron chi connectivity index (χ2n) is 4.05. The number of carboxylic acids is 1. The Balaban J connectivity index is 2.26.